The lowest BCUT2D eigenvalue weighted by Crippen LogP contribution is -1.82. The van der Waals surface area contributed by atoms with E-state index < -0.39 is 0 Å². The van der Waals surface area contributed by atoms with Crippen molar-refractivity contribution in [2.45, 2.75) is 40.5 Å². The number of hydrogen-bond donors (Lipinski definition) is 0. The maximum absolute atomic E-state index is 2.27. The molecule has 0 aliphatic carbocycles. The standard InChI is InChI=1S/C22H14.2C3H8/c1-3-7-18-15(5-1)11-14-21-20(18)13-12-17-10-9-16-6-2-4-8-19(16)22(17)21;2*1-3-2/h1-14H;2*3H2,1-2H3. The van der Waals surface area contributed by atoms with Gasteiger partial charge in [-0.15, -0.1) is 0 Å². The summed E-state index contributed by atoms with van der Waals surface area (Å²) in [5.41, 5.74) is 0. The average molecular weight is 367 g/mol. The van der Waals surface area contributed by atoms with E-state index in [1.54, 1.807) is 0 Å². The van der Waals surface area contributed by atoms with Gasteiger partial charge in [-0.1, -0.05) is 125 Å². The van der Waals surface area contributed by atoms with E-state index in [0.717, 1.165) is 0 Å². The second kappa shape index (κ2) is 9.37. The van der Waals surface area contributed by atoms with E-state index in [2.05, 4.69) is 113 Å². The summed E-state index contributed by atoms with van der Waals surface area (Å²) < 4.78 is 0. The van der Waals surface area contributed by atoms with Crippen LogP contribution in [0.15, 0.2) is 84.9 Å². The lowest BCUT2D eigenvalue weighted by Gasteiger charge is -2.10. The third kappa shape index (κ3) is 3.87. The highest BCUT2D eigenvalue weighted by atomic mass is 14.1. The summed E-state index contributed by atoms with van der Waals surface area (Å²) in [4.78, 5) is 0. The summed E-state index contributed by atoms with van der Waals surface area (Å²) >= 11 is 0. The van der Waals surface area contributed by atoms with E-state index in [1.165, 1.54) is 55.9 Å². The summed E-state index contributed by atoms with van der Waals surface area (Å²) in [5.74, 6) is 0. The molecule has 0 aliphatic heterocycles. The monoisotopic (exact) mass is 366 g/mol. The third-order valence-corrected chi connectivity index (χ3v) is 4.63. The number of hydrogen-bond acceptors (Lipinski definition) is 0. The second-order valence-corrected chi connectivity index (χ2v) is 7.25. The summed E-state index contributed by atoms with van der Waals surface area (Å²) in [6.07, 6.45) is 2.50. The lowest BCUT2D eigenvalue weighted by molar-refractivity contribution is 1.09. The molecular weight excluding hydrogens is 336 g/mol. The van der Waals surface area contributed by atoms with E-state index in [1.807, 2.05) is 0 Å². The molecule has 0 nitrogen and oxygen atoms in total. The Morgan fingerprint density at radius 2 is 0.821 bits per heavy atom. The molecule has 28 heavy (non-hydrogen) atoms. The molecule has 5 aromatic rings. The molecule has 0 amide bonds. The zero-order valence-corrected chi connectivity index (χ0v) is 17.5. The molecule has 0 saturated heterocycles. The molecule has 0 fully saturated rings. The van der Waals surface area contributed by atoms with Gasteiger partial charge in [0.05, 0.1) is 0 Å². The SMILES string of the molecule is CCC.CCC.c1ccc2c(c1)ccc1c2ccc2ccc3ccccc3c21. The largest absolute Gasteiger partial charge is 0.0656 e. The van der Waals surface area contributed by atoms with Crippen molar-refractivity contribution in [2.75, 3.05) is 0 Å². The van der Waals surface area contributed by atoms with Crippen LogP contribution in [0.1, 0.15) is 40.5 Å². The predicted octanol–water partition coefficient (Wildman–Crippen LogP) is 9.13. The topological polar surface area (TPSA) is 0 Å². The molecule has 0 heterocycles. The number of rotatable bonds is 0. The van der Waals surface area contributed by atoms with E-state index >= 15 is 0 Å². The van der Waals surface area contributed by atoms with Crippen LogP contribution in [0.25, 0.3) is 43.1 Å². The van der Waals surface area contributed by atoms with Crippen LogP contribution in [-0.4, -0.2) is 0 Å². The van der Waals surface area contributed by atoms with Crippen LogP contribution >= 0.6 is 0 Å². The van der Waals surface area contributed by atoms with Crippen molar-refractivity contribution < 1.29 is 0 Å². The molecule has 0 N–H and O–H groups in total. The van der Waals surface area contributed by atoms with E-state index in [4.69, 9.17) is 0 Å². The first-order valence-corrected chi connectivity index (χ1v) is 10.5. The van der Waals surface area contributed by atoms with Crippen molar-refractivity contribution in [3.63, 3.8) is 0 Å². The van der Waals surface area contributed by atoms with Gasteiger partial charge in [-0.3, -0.25) is 0 Å². The van der Waals surface area contributed by atoms with Gasteiger partial charge in [0.1, 0.15) is 0 Å². The summed E-state index contributed by atoms with van der Waals surface area (Å²) in [6, 6.07) is 30.7. The van der Waals surface area contributed by atoms with Crippen LogP contribution in [0.4, 0.5) is 0 Å². The number of benzene rings is 5. The molecule has 0 spiro atoms. The van der Waals surface area contributed by atoms with Gasteiger partial charge < -0.3 is 0 Å². The Balaban J connectivity index is 0.000000337. The Labute approximate surface area is 168 Å². The molecule has 142 valence electrons. The fraction of sp³-hybridized carbons (Fsp3) is 0.214. The Kier molecular flexibility index (Phi) is 6.66. The van der Waals surface area contributed by atoms with Crippen LogP contribution in [-0.2, 0) is 0 Å². The van der Waals surface area contributed by atoms with Gasteiger partial charge in [0.25, 0.3) is 0 Å². The Morgan fingerprint density at radius 3 is 1.50 bits per heavy atom. The minimum Gasteiger partial charge on any atom is -0.0656 e. The molecular formula is C28H30. The van der Waals surface area contributed by atoms with Crippen molar-refractivity contribution in [1.82, 2.24) is 0 Å². The smallest absolute Gasteiger partial charge is 0.00266 e. The fourth-order valence-corrected chi connectivity index (χ4v) is 3.59. The molecule has 0 saturated carbocycles. The van der Waals surface area contributed by atoms with Gasteiger partial charge in [-0.25, -0.2) is 0 Å². The van der Waals surface area contributed by atoms with Gasteiger partial charge >= 0.3 is 0 Å². The highest BCUT2D eigenvalue weighted by Gasteiger charge is 2.07. The van der Waals surface area contributed by atoms with Crippen molar-refractivity contribution in [3.8, 4) is 0 Å². The van der Waals surface area contributed by atoms with Crippen LogP contribution in [0.2, 0.25) is 0 Å². The van der Waals surface area contributed by atoms with Crippen LogP contribution in [0.3, 0.4) is 0 Å². The second-order valence-electron chi connectivity index (χ2n) is 7.25. The molecule has 5 aromatic carbocycles. The molecule has 0 heteroatoms. The molecule has 0 atom stereocenters. The molecule has 5 rings (SSSR count). The quantitative estimate of drug-likeness (QED) is 0.240. The van der Waals surface area contributed by atoms with Crippen molar-refractivity contribution in [2.24, 2.45) is 0 Å². The average Bonchev–Trinajstić information content (AvgIpc) is 2.74. The summed E-state index contributed by atoms with van der Waals surface area (Å²) in [7, 11) is 0. The van der Waals surface area contributed by atoms with Crippen molar-refractivity contribution in [3.05, 3.63) is 84.9 Å². The Bertz CT molecular complexity index is 1200. The van der Waals surface area contributed by atoms with Crippen LogP contribution in [0.5, 0.6) is 0 Å². The zero-order chi connectivity index (χ0) is 19.9. The minimum absolute atomic E-state index is 1.25. The van der Waals surface area contributed by atoms with Crippen molar-refractivity contribution >= 4 is 43.1 Å². The molecule has 0 bridgehead atoms. The molecule has 0 unspecified atom stereocenters. The minimum atomic E-state index is 1.25. The highest BCUT2D eigenvalue weighted by molar-refractivity contribution is 6.24. The normalized spacial score (nSPS) is 10.4. The third-order valence-electron chi connectivity index (χ3n) is 4.63. The maximum Gasteiger partial charge on any atom is -0.00266 e. The molecule has 0 aliphatic rings. The lowest BCUT2D eigenvalue weighted by atomic mass is 9.94. The van der Waals surface area contributed by atoms with Gasteiger partial charge in [0.2, 0.25) is 0 Å². The van der Waals surface area contributed by atoms with E-state index in [-0.39, 0.29) is 0 Å². The van der Waals surface area contributed by atoms with Crippen molar-refractivity contribution in [1.29, 1.82) is 0 Å². The first-order chi connectivity index (χ1) is 13.7. The van der Waals surface area contributed by atoms with Gasteiger partial charge in [-0.2, -0.15) is 0 Å². The summed E-state index contributed by atoms with van der Waals surface area (Å²) in [6.45, 7) is 8.50. The van der Waals surface area contributed by atoms with E-state index in [0.29, 0.717) is 0 Å². The Hall–Kier alpha value is -2.86. The Morgan fingerprint density at radius 1 is 0.393 bits per heavy atom. The predicted molar refractivity (Wildman–Crippen MR) is 128 cm³/mol. The van der Waals surface area contributed by atoms with Crippen LogP contribution < -0.4 is 0 Å². The summed E-state index contributed by atoms with van der Waals surface area (Å²) in [5, 5.41) is 10.6. The molecule has 0 aromatic heterocycles. The highest BCUT2D eigenvalue weighted by Crippen LogP contribution is 2.35. The van der Waals surface area contributed by atoms with Crippen LogP contribution in [0, 0.1) is 0 Å². The van der Waals surface area contributed by atoms with Gasteiger partial charge in [-0.05, 0) is 43.1 Å². The fourth-order valence-electron chi connectivity index (χ4n) is 3.59. The first kappa shape index (κ1) is 19.9. The van der Waals surface area contributed by atoms with Gasteiger partial charge in [0, 0.05) is 0 Å². The first-order valence-electron chi connectivity index (χ1n) is 10.5. The van der Waals surface area contributed by atoms with Gasteiger partial charge in [0.15, 0.2) is 0 Å². The number of fused-ring (bicyclic) bond motifs is 7. The zero-order valence-electron chi connectivity index (χ0n) is 17.5. The van der Waals surface area contributed by atoms with E-state index in [9.17, 15) is 0 Å². The molecule has 0 radical (unpaired) electrons. The maximum atomic E-state index is 2.27.